The molecule has 5 heteroatoms. The van der Waals surface area contributed by atoms with Crippen molar-refractivity contribution >= 4 is 23.0 Å². The number of thiocarbonyl (C=S) groups is 1. The van der Waals surface area contributed by atoms with E-state index in [1.54, 1.807) is 0 Å². The number of nitrogens with one attached hydrogen (secondary N) is 2. The van der Waals surface area contributed by atoms with Crippen LogP contribution in [0.25, 0.3) is 0 Å². The number of benzene rings is 2. The van der Waals surface area contributed by atoms with Gasteiger partial charge in [-0.3, -0.25) is 4.90 Å². The molecule has 0 radical (unpaired) electrons. The second-order valence-electron chi connectivity index (χ2n) is 6.20. The summed E-state index contributed by atoms with van der Waals surface area (Å²) in [4.78, 5) is 2.51. The van der Waals surface area contributed by atoms with Crippen LogP contribution in [0.4, 0.5) is 5.69 Å². The van der Waals surface area contributed by atoms with E-state index in [1.807, 2.05) is 54.6 Å². The summed E-state index contributed by atoms with van der Waals surface area (Å²) in [6, 6.07) is 18.2. The van der Waals surface area contributed by atoms with Crippen molar-refractivity contribution in [2.24, 2.45) is 0 Å². The van der Waals surface area contributed by atoms with Crippen LogP contribution in [0.2, 0.25) is 0 Å². The fourth-order valence-electron chi connectivity index (χ4n) is 3.16. The van der Waals surface area contributed by atoms with Crippen LogP contribution in [-0.2, 0) is 0 Å². The molecule has 1 fully saturated rings. The highest BCUT2D eigenvalue weighted by molar-refractivity contribution is 7.80. The molecule has 0 spiro atoms. The maximum atomic E-state index is 5.80. The van der Waals surface area contributed by atoms with E-state index in [4.69, 9.17) is 17.0 Å². The monoisotopic (exact) mass is 355 g/mol. The lowest BCUT2D eigenvalue weighted by molar-refractivity contribution is 0.267. The van der Waals surface area contributed by atoms with Gasteiger partial charge in [0, 0.05) is 18.3 Å². The Morgan fingerprint density at radius 2 is 1.84 bits per heavy atom. The second-order valence-corrected chi connectivity index (χ2v) is 6.61. The van der Waals surface area contributed by atoms with Gasteiger partial charge in [-0.05, 0) is 74.5 Å². The highest BCUT2D eigenvalue weighted by Gasteiger charge is 2.22. The lowest BCUT2D eigenvalue weighted by Gasteiger charge is -2.23. The minimum absolute atomic E-state index is 0.589. The zero-order chi connectivity index (χ0) is 17.5. The molecule has 1 unspecified atom stereocenters. The van der Waals surface area contributed by atoms with Crippen molar-refractivity contribution in [2.45, 2.75) is 25.8 Å². The number of hydrogen-bond donors (Lipinski definition) is 2. The molecule has 1 saturated heterocycles. The van der Waals surface area contributed by atoms with E-state index in [1.165, 1.54) is 19.4 Å². The van der Waals surface area contributed by atoms with Gasteiger partial charge < -0.3 is 15.4 Å². The normalized spacial score (nSPS) is 17.2. The summed E-state index contributed by atoms with van der Waals surface area (Å²) in [6.45, 7) is 5.42. The Kier molecular flexibility index (Phi) is 6.25. The summed E-state index contributed by atoms with van der Waals surface area (Å²) in [5, 5.41) is 7.24. The molecule has 2 aromatic carbocycles. The van der Waals surface area contributed by atoms with Crippen LogP contribution >= 0.6 is 12.2 Å². The molecule has 1 aliphatic rings. The van der Waals surface area contributed by atoms with E-state index in [0.717, 1.165) is 30.3 Å². The molecule has 4 nitrogen and oxygen atoms in total. The molecule has 1 aliphatic heterocycles. The average Bonchev–Trinajstić information content (AvgIpc) is 3.10. The van der Waals surface area contributed by atoms with Crippen molar-refractivity contribution in [1.82, 2.24) is 10.2 Å². The van der Waals surface area contributed by atoms with Crippen molar-refractivity contribution in [3.8, 4) is 11.5 Å². The van der Waals surface area contributed by atoms with E-state index < -0.39 is 0 Å². The van der Waals surface area contributed by atoms with Gasteiger partial charge in [-0.15, -0.1) is 0 Å². The fraction of sp³-hybridized carbons (Fsp3) is 0.350. The first-order chi connectivity index (χ1) is 12.2. The first-order valence-electron chi connectivity index (χ1n) is 8.86. The van der Waals surface area contributed by atoms with Crippen LogP contribution in [0.5, 0.6) is 11.5 Å². The molecule has 2 aromatic rings. The highest BCUT2D eigenvalue weighted by Crippen LogP contribution is 2.22. The number of ether oxygens (including phenoxy) is 1. The largest absolute Gasteiger partial charge is 0.457 e. The number of anilines is 1. The predicted octanol–water partition coefficient (Wildman–Crippen LogP) is 4.25. The van der Waals surface area contributed by atoms with Crippen LogP contribution in [0.3, 0.4) is 0 Å². The number of hydrogen-bond acceptors (Lipinski definition) is 3. The Hall–Kier alpha value is -2.11. The van der Waals surface area contributed by atoms with Crippen molar-refractivity contribution in [3.05, 3.63) is 54.6 Å². The van der Waals surface area contributed by atoms with Crippen LogP contribution in [0, 0.1) is 0 Å². The van der Waals surface area contributed by atoms with Crippen molar-refractivity contribution < 1.29 is 4.74 Å². The third-order valence-corrected chi connectivity index (χ3v) is 4.74. The molecule has 25 heavy (non-hydrogen) atoms. The Labute approximate surface area is 155 Å². The van der Waals surface area contributed by atoms with Gasteiger partial charge >= 0.3 is 0 Å². The van der Waals surface area contributed by atoms with Crippen LogP contribution in [0.1, 0.15) is 19.8 Å². The molecule has 0 amide bonds. The van der Waals surface area contributed by atoms with Crippen LogP contribution in [-0.4, -0.2) is 35.7 Å². The van der Waals surface area contributed by atoms with Crippen LogP contribution < -0.4 is 15.4 Å². The van der Waals surface area contributed by atoms with Gasteiger partial charge in [-0.1, -0.05) is 25.1 Å². The molecule has 132 valence electrons. The van der Waals surface area contributed by atoms with E-state index in [0.29, 0.717) is 11.2 Å². The lowest BCUT2D eigenvalue weighted by atomic mass is 10.2. The molecule has 3 rings (SSSR count). The van der Waals surface area contributed by atoms with Crippen molar-refractivity contribution in [2.75, 3.05) is 25.0 Å². The van der Waals surface area contributed by atoms with Crippen LogP contribution in [0.15, 0.2) is 54.6 Å². The molecule has 1 atom stereocenters. The van der Waals surface area contributed by atoms with Gasteiger partial charge in [-0.2, -0.15) is 0 Å². The lowest BCUT2D eigenvalue weighted by Crippen LogP contribution is -2.41. The number of likely N-dealkylation sites (N-methyl/N-ethyl adjacent to an activating group) is 1. The van der Waals surface area contributed by atoms with Gasteiger partial charge in [0.1, 0.15) is 11.5 Å². The maximum absolute atomic E-state index is 5.80. The zero-order valence-electron chi connectivity index (χ0n) is 14.6. The van der Waals surface area contributed by atoms with E-state index in [-0.39, 0.29) is 0 Å². The minimum Gasteiger partial charge on any atom is -0.457 e. The number of likely N-dealkylation sites (tertiary alicyclic amines) is 1. The average molecular weight is 356 g/mol. The molecule has 0 aromatic heterocycles. The quantitative estimate of drug-likeness (QED) is 0.758. The fourth-order valence-corrected chi connectivity index (χ4v) is 3.36. The topological polar surface area (TPSA) is 36.5 Å². The summed E-state index contributed by atoms with van der Waals surface area (Å²) in [6.07, 6.45) is 2.53. The van der Waals surface area contributed by atoms with Gasteiger partial charge in [0.25, 0.3) is 0 Å². The number of rotatable bonds is 6. The molecule has 0 aliphatic carbocycles. The summed E-state index contributed by atoms with van der Waals surface area (Å²) in [5.41, 5.74) is 0.955. The van der Waals surface area contributed by atoms with Crippen molar-refractivity contribution in [1.29, 1.82) is 0 Å². The smallest absolute Gasteiger partial charge is 0.170 e. The van der Waals surface area contributed by atoms with Gasteiger partial charge in [0.2, 0.25) is 0 Å². The molecular formula is C20H25N3OS. The first kappa shape index (κ1) is 17.7. The summed E-state index contributed by atoms with van der Waals surface area (Å²) >= 11 is 5.41. The molecule has 0 bridgehead atoms. The standard InChI is InChI=1S/C20H25N3OS/c1-2-23-14-6-7-17(23)15-21-20(25)22-16-10-12-19(13-11-16)24-18-8-4-3-5-9-18/h3-5,8-13,17H,2,6-7,14-15H2,1H3,(H2,21,22,25). The molecule has 0 saturated carbocycles. The third-order valence-electron chi connectivity index (χ3n) is 4.49. The Morgan fingerprint density at radius 1 is 1.12 bits per heavy atom. The zero-order valence-corrected chi connectivity index (χ0v) is 15.4. The highest BCUT2D eigenvalue weighted by atomic mass is 32.1. The van der Waals surface area contributed by atoms with Gasteiger partial charge in [0.05, 0.1) is 0 Å². The third kappa shape index (κ3) is 5.18. The van der Waals surface area contributed by atoms with Gasteiger partial charge in [-0.25, -0.2) is 0 Å². The number of nitrogens with zero attached hydrogens (tertiary/aromatic N) is 1. The summed E-state index contributed by atoms with van der Waals surface area (Å²) < 4.78 is 5.80. The molecule has 2 N–H and O–H groups in total. The van der Waals surface area contributed by atoms with E-state index in [9.17, 15) is 0 Å². The Morgan fingerprint density at radius 3 is 2.56 bits per heavy atom. The Balaban J connectivity index is 1.47. The number of para-hydroxylation sites is 1. The van der Waals surface area contributed by atoms with E-state index in [2.05, 4.69) is 22.5 Å². The van der Waals surface area contributed by atoms with Crippen molar-refractivity contribution in [3.63, 3.8) is 0 Å². The molecular weight excluding hydrogens is 330 g/mol. The van der Waals surface area contributed by atoms with Gasteiger partial charge in [0.15, 0.2) is 5.11 Å². The Bertz CT molecular complexity index is 675. The summed E-state index contributed by atoms with van der Waals surface area (Å²) in [7, 11) is 0. The predicted molar refractivity (Wildman–Crippen MR) is 107 cm³/mol. The summed E-state index contributed by atoms with van der Waals surface area (Å²) in [5.74, 6) is 1.64. The van der Waals surface area contributed by atoms with E-state index >= 15 is 0 Å². The first-order valence-corrected chi connectivity index (χ1v) is 9.27. The molecule has 1 heterocycles. The second kappa shape index (κ2) is 8.83. The maximum Gasteiger partial charge on any atom is 0.170 e. The minimum atomic E-state index is 0.589. The SMILES string of the molecule is CCN1CCCC1CNC(=S)Nc1ccc(Oc2ccccc2)cc1.